The molecule has 30 heavy (non-hydrogen) atoms. The van der Waals surface area contributed by atoms with Gasteiger partial charge in [0.05, 0.1) is 9.49 Å². The maximum atomic E-state index is 13.6. The van der Waals surface area contributed by atoms with E-state index in [9.17, 15) is 9.59 Å². The molecule has 0 saturated heterocycles. The Bertz CT molecular complexity index is 778. The van der Waals surface area contributed by atoms with Crippen molar-refractivity contribution in [2.45, 2.75) is 73.7 Å². The molecule has 0 aromatic heterocycles. The molecular formula is C26H30O2S2. The van der Waals surface area contributed by atoms with Gasteiger partial charge in [-0.2, -0.15) is 0 Å². The number of hydrogen-bond acceptors (Lipinski definition) is 4. The van der Waals surface area contributed by atoms with E-state index in [2.05, 4.69) is 0 Å². The van der Waals surface area contributed by atoms with Crippen LogP contribution in [0.2, 0.25) is 0 Å². The van der Waals surface area contributed by atoms with Crippen LogP contribution in [-0.4, -0.2) is 21.1 Å². The van der Waals surface area contributed by atoms with E-state index < -0.39 is 9.49 Å². The highest BCUT2D eigenvalue weighted by Crippen LogP contribution is 2.56. The summed E-state index contributed by atoms with van der Waals surface area (Å²) in [6.07, 6.45) is 10.4. The molecule has 0 atom stereocenters. The molecule has 0 radical (unpaired) electrons. The maximum Gasteiger partial charge on any atom is 0.179 e. The predicted octanol–water partition coefficient (Wildman–Crippen LogP) is 7.54. The molecular weight excluding hydrogens is 408 g/mol. The van der Waals surface area contributed by atoms with Gasteiger partial charge in [-0.1, -0.05) is 121 Å². The van der Waals surface area contributed by atoms with E-state index in [0.717, 1.165) is 62.5 Å². The standard InChI is InChI=1S/C26H30O2S2/c27-23(21-13-5-1-6-14-21)25(17-9-3-10-18-25)29-30-26(19-11-4-12-20-26)24(28)22-15-7-2-8-16-22/h1-2,5-8,13-16H,3-4,9-12,17-20H2. The predicted molar refractivity (Wildman–Crippen MR) is 128 cm³/mol. The first-order chi connectivity index (χ1) is 14.7. The van der Waals surface area contributed by atoms with Crippen LogP contribution in [0.3, 0.4) is 0 Å². The molecule has 158 valence electrons. The lowest BCUT2D eigenvalue weighted by Gasteiger charge is -2.40. The zero-order valence-corrected chi connectivity index (χ0v) is 19.1. The van der Waals surface area contributed by atoms with E-state index in [4.69, 9.17) is 0 Å². The fourth-order valence-electron chi connectivity index (χ4n) is 4.81. The van der Waals surface area contributed by atoms with Crippen molar-refractivity contribution in [1.82, 2.24) is 0 Å². The van der Waals surface area contributed by atoms with E-state index in [1.165, 1.54) is 12.8 Å². The van der Waals surface area contributed by atoms with Crippen LogP contribution in [0, 0.1) is 0 Å². The highest BCUT2D eigenvalue weighted by atomic mass is 33.1. The molecule has 0 bridgehead atoms. The normalized spacial score (nSPS) is 20.4. The second-order valence-electron chi connectivity index (χ2n) is 8.67. The number of rotatable bonds is 7. The highest BCUT2D eigenvalue weighted by molar-refractivity contribution is 8.78. The van der Waals surface area contributed by atoms with Crippen LogP contribution < -0.4 is 0 Å². The lowest BCUT2D eigenvalue weighted by atomic mass is 9.83. The molecule has 0 heterocycles. The van der Waals surface area contributed by atoms with Gasteiger partial charge in [0.25, 0.3) is 0 Å². The molecule has 2 aliphatic rings. The summed E-state index contributed by atoms with van der Waals surface area (Å²) in [5, 5.41) is 0. The van der Waals surface area contributed by atoms with Crippen LogP contribution in [0.4, 0.5) is 0 Å². The minimum atomic E-state index is -0.411. The third-order valence-electron chi connectivity index (χ3n) is 6.58. The lowest BCUT2D eigenvalue weighted by Crippen LogP contribution is -2.40. The molecule has 0 spiro atoms. The molecule has 2 aromatic carbocycles. The van der Waals surface area contributed by atoms with Crippen LogP contribution in [0.1, 0.15) is 84.9 Å². The van der Waals surface area contributed by atoms with Crippen molar-refractivity contribution in [3.05, 3.63) is 71.8 Å². The van der Waals surface area contributed by atoms with Crippen molar-refractivity contribution in [1.29, 1.82) is 0 Å². The zero-order chi connectivity index (χ0) is 20.9. The van der Waals surface area contributed by atoms with Crippen molar-refractivity contribution in [3.63, 3.8) is 0 Å². The minimum absolute atomic E-state index is 0.249. The van der Waals surface area contributed by atoms with Gasteiger partial charge in [-0.25, -0.2) is 0 Å². The molecule has 2 saturated carbocycles. The van der Waals surface area contributed by atoms with Gasteiger partial charge in [0.1, 0.15) is 0 Å². The van der Waals surface area contributed by atoms with Crippen LogP contribution in [0.5, 0.6) is 0 Å². The van der Waals surface area contributed by atoms with Gasteiger partial charge in [-0.05, 0) is 25.7 Å². The average Bonchev–Trinajstić information content (AvgIpc) is 2.84. The summed E-state index contributed by atoms with van der Waals surface area (Å²) in [4.78, 5) is 27.2. The van der Waals surface area contributed by atoms with Crippen LogP contribution in [0.25, 0.3) is 0 Å². The molecule has 0 unspecified atom stereocenters. The Morgan fingerprint density at radius 2 is 0.867 bits per heavy atom. The number of benzene rings is 2. The van der Waals surface area contributed by atoms with Crippen molar-refractivity contribution in [2.75, 3.05) is 0 Å². The molecule has 2 aliphatic carbocycles. The first kappa shape index (κ1) is 21.7. The van der Waals surface area contributed by atoms with Gasteiger partial charge in [-0.15, -0.1) is 0 Å². The van der Waals surface area contributed by atoms with E-state index >= 15 is 0 Å². The lowest BCUT2D eigenvalue weighted by molar-refractivity contribution is 0.0909. The Kier molecular flexibility index (Phi) is 7.05. The summed E-state index contributed by atoms with van der Waals surface area (Å²) >= 11 is 0. The second kappa shape index (κ2) is 9.74. The van der Waals surface area contributed by atoms with Crippen molar-refractivity contribution in [3.8, 4) is 0 Å². The molecule has 0 aliphatic heterocycles. The number of hydrogen-bond donors (Lipinski definition) is 0. The van der Waals surface area contributed by atoms with Gasteiger partial charge < -0.3 is 0 Å². The number of carbonyl (C=O) groups is 2. The number of carbonyl (C=O) groups excluding carboxylic acids is 2. The van der Waals surface area contributed by atoms with E-state index in [0.29, 0.717) is 0 Å². The van der Waals surface area contributed by atoms with Gasteiger partial charge in [0.2, 0.25) is 0 Å². The van der Waals surface area contributed by atoms with E-state index in [1.54, 1.807) is 21.6 Å². The summed E-state index contributed by atoms with van der Waals surface area (Å²) in [5.41, 5.74) is 1.61. The van der Waals surface area contributed by atoms with Crippen molar-refractivity contribution in [2.24, 2.45) is 0 Å². The summed E-state index contributed by atoms with van der Waals surface area (Å²) in [5.74, 6) is 0.497. The van der Waals surface area contributed by atoms with Gasteiger partial charge in [0, 0.05) is 11.1 Å². The first-order valence-corrected chi connectivity index (χ1v) is 13.4. The molecule has 2 nitrogen and oxygen atoms in total. The second-order valence-corrected chi connectivity index (χ2v) is 11.6. The Balaban J connectivity index is 1.60. The Hall–Kier alpha value is -1.52. The molecule has 0 amide bonds. The van der Waals surface area contributed by atoms with Crippen LogP contribution in [-0.2, 0) is 0 Å². The first-order valence-electron chi connectivity index (χ1n) is 11.2. The third kappa shape index (κ3) is 4.55. The third-order valence-corrected chi connectivity index (χ3v) is 10.7. The van der Waals surface area contributed by atoms with Crippen LogP contribution >= 0.6 is 21.6 Å². The summed E-state index contributed by atoms with van der Waals surface area (Å²) in [6, 6.07) is 19.5. The van der Waals surface area contributed by atoms with Crippen molar-refractivity contribution >= 4 is 33.2 Å². The van der Waals surface area contributed by atoms with Crippen LogP contribution in [0.15, 0.2) is 60.7 Å². The summed E-state index contributed by atoms with van der Waals surface area (Å²) in [7, 11) is 3.44. The smallest absolute Gasteiger partial charge is 0.179 e. The topological polar surface area (TPSA) is 34.1 Å². The monoisotopic (exact) mass is 438 g/mol. The van der Waals surface area contributed by atoms with Gasteiger partial charge in [-0.3, -0.25) is 9.59 Å². The van der Waals surface area contributed by atoms with Gasteiger partial charge >= 0.3 is 0 Å². The highest BCUT2D eigenvalue weighted by Gasteiger charge is 2.47. The molecule has 4 heteroatoms. The zero-order valence-electron chi connectivity index (χ0n) is 17.5. The fraction of sp³-hybridized carbons (Fsp3) is 0.462. The minimum Gasteiger partial charge on any atom is -0.293 e. The summed E-state index contributed by atoms with van der Waals surface area (Å²) in [6.45, 7) is 0. The quantitative estimate of drug-likeness (QED) is 0.330. The largest absolute Gasteiger partial charge is 0.293 e. The van der Waals surface area contributed by atoms with Gasteiger partial charge in [0.15, 0.2) is 11.6 Å². The molecule has 2 aromatic rings. The fourth-order valence-corrected chi connectivity index (χ4v) is 8.83. The van der Waals surface area contributed by atoms with E-state index in [-0.39, 0.29) is 11.6 Å². The Morgan fingerprint density at radius 1 is 0.533 bits per heavy atom. The molecule has 4 rings (SSSR count). The summed E-state index contributed by atoms with van der Waals surface area (Å²) < 4.78 is -0.822. The number of ketones is 2. The Morgan fingerprint density at radius 3 is 1.20 bits per heavy atom. The molecule has 2 fully saturated rings. The number of Topliss-reactive ketones (excluding diaryl/α,β-unsaturated/α-hetero) is 2. The molecule has 0 N–H and O–H groups in total. The SMILES string of the molecule is O=C(c1ccccc1)C1(SSC2(C(=O)c3ccccc3)CCCCC2)CCCCC1. The average molecular weight is 439 g/mol. The van der Waals surface area contributed by atoms with Crippen molar-refractivity contribution < 1.29 is 9.59 Å². The Labute approximate surface area is 188 Å². The maximum absolute atomic E-state index is 13.6. The van der Waals surface area contributed by atoms with E-state index in [1.807, 2.05) is 60.7 Å².